The smallest absolute Gasteiger partial charge is 0.356 e. The summed E-state index contributed by atoms with van der Waals surface area (Å²) < 4.78 is 36.6. The Hall–Kier alpha value is -2.23. The average molecular weight is 366 g/mol. The summed E-state index contributed by atoms with van der Waals surface area (Å²) in [5.74, 6) is -0.559. The molecule has 25 heavy (non-hydrogen) atoms. The molecule has 2 heterocycles. The van der Waals surface area contributed by atoms with Crippen molar-refractivity contribution in [1.29, 1.82) is 0 Å². The van der Waals surface area contributed by atoms with Crippen LogP contribution in [0, 0.1) is 0 Å². The maximum absolute atomic E-state index is 12.8. The number of ether oxygens (including phenoxy) is 1. The maximum atomic E-state index is 12.8. The van der Waals surface area contributed by atoms with E-state index in [1.807, 2.05) is 11.9 Å². The lowest BCUT2D eigenvalue weighted by molar-refractivity contribution is 0.0601. The van der Waals surface area contributed by atoms with Gasteiger partial charge in [-0.1, -0.05) is 0 Å². The predicted octanol–water partition coefficient (Wildman–Crippen LogP) is 0.516. The van der Waals surface area contributed by atoms with Crippen LogP contribution in [0.25, 0.3) is 11.0 Å². The molecular weight excluding hydrogens is 348 g/mol. The van der Waals surface area contributed by atoms with Crippen molar-refractivity contribution in [1.82, 2.24) is 9.21 Å². The lowest BCUT2D eigenvalue weighted by atomic mass is 10.1. The third kappa shape index (κ3) is 3.30. The average Bonchev–Trinajstić information content (AvgIpc) is 2.60. The third-order valence-electron chi connectivity index (χ3n) is 4.20. The van der Waals surface area contributed by atoms with E-state index >= 15 is 0 Å². The molecule has 0 N–H and O–H groups in total. The number of carbonyl (C=O) groups is 1. The molecule has 1 aromatic carbocycles. The number of esters is 1. The molecule has 8 nitrogen and oxygen atoms in total. The van der Waals surface area contributed by atoms with E-state index in [9.17, 15) is 18.0 Å². The Bertz CT molecular complexity index is 974. The number of piperazine rings is 1. The largest absolute Gasteiger partial charge is 0.465 e. The molecule has 0 radical (unpaired) electrons. The summed E-state index contributed by atoms with van der Waals surface area (Å²) in [4.78, 5) is 25.4. The first-order valence-corrected chi connectivity index (χ1v) is 9.12. The van der Waals surface area contributed by atoms with Gasteiger partial charge in [0.25, 0.3) is 0 Å². The van der Waals surface area contributed by atoms with Crippen molar-refractivity contribution in [3.63, 3.8) is 0 Å². The first-order valence-electron chi connectivity index (χ1n) is 7.68. The minimum Gasteiger partial charge on any atom is -0.465 e. The normalized spacial score (nSPS) is 16.9. The molecule has 0 bridgehead atoms. The second-order valence-corrected chi connectivity index (χ2v) is 7.76. The second kappa shape index (κ2) is 6.58. The Labute approximate surface area is 144 Å². The lowest BCUT2D eigenvalue weighted by Crippen LogP contribution is -2.47. The van der Waals surface area contributed by atoms with Gasteiger partial charge in [0.1, 0.15) is 5.58 Å². The minimum absolute atomic E-state index is 0.204. The fraction of sp³-hybridized carbons (Fsp3) is 0.375. The molecule has 1 aromatic heterocycles. The molecule has 1 fully saturated rings. The van der Waals surface area contributed by atoms with E-state index in [1.54, 1.807) is 0 Å². The summed E-state index contributed by atoms with van der Waals surface area (Å²) in [6, 6.07) is 5.58. The Morgan fingerprint density at radius 2 is 1.84 bits per heavy atom. The number of rotatable bonds is 3. The van der Waals surface area contributed by atoms with Crippen LogP contribution in [0.4, 0.5) is 0 Å². The molecule has 1 aliphatic rings. The van der Waals surface area contributed by atoms with Crippen LogP contribution in [0.5, 0.6) is 0 Å². The summed E-state index contributed by atoms with van der Waals surface area (Å²) >= 11 is 0. The van der Waals surface area contributed by atoms with Gasteiger partial charge in [0.2, 0.25) is 10.0 Å². The van der Waals surface area contributed by atoms with Crippen molar-refractivity contribution in [2.75, 3.05) is 40.3 Å². The SMILES string of the molecule is COC(=O)c1ccc2oc(=O)c(S(=O)(=O)N3CCN(C)CC3)cc2c1. The van der Waals surface area contributed by atoms with Crippen LogP contribution in [0.3, 0.4) is 0 Å². The van der Waals surface area contributed by atoms with Crippen molar-refractivity contribution in [3.8, 4) is 0 Å². The summed E-state index contributed by atoms with van der Waals surface area (Å²) in [5, 5.41) is 0.343. The number of fused-ring (bicyclic) bond motifs is 1. The van der Waals surface area contributed by atoms with Crippen molar-refractivity contribution < 1.29 is 22.4 Å². The van der Waals surface area contributed by atoms with Crippen molar-refractivity contribution in [2.45, 2.75) is 4.90 Å². The topological polar surface area (TPSA) is 97.1 Å². The molecule has 134 valence electrons. The van der Waals surface area contributed by atoms with E-state index in [4.69, 9.17) is 4.42 Å². The fourth-order valence-corrected chi connectivity index (χ4v) is 4.15. The quantitative estimate of drug-likeness (QED) is 0.577. The van der Waals surface area contributed by atoms with Gasteiger partial charge in [-0.15, -0.1) is 0 Å². The summed E-state index contributed by atoms with van der Waals surface area (Å²) in [5.41, 5.74) is -0.473. The van der Waals surface area contributed by atoms with Gasteiger partial charge in [-0.2, -0.15) is 4.31 Å². The van der Waals surface area contributed by atoms with Crippen molar-refractivity contribution in [2.24, 2.45) is 0 Å². The number of hydrogen-bond donors (Lipinski definition) is 0. The number of hydrogen-bond acceptors (Lipinski definition) is 7. The Balaban J connectivity index is 2.07. The Morgan fingerprint density at radius 1 is 1.16 bits per heavy atom. The van der Waals surface area contributed by atoms with Crippen molar-refractivity contribution >= 4 is 27.0 Å². The standard InChI is InChI=1S/C16H18N2O6S/c1-17-5-7-18(8-6-17)25(21,22)14-10-12-9-11(15(19)23-2)3-4-13(12)24-16(14)20/h3-4,9-10H,5-8H2,1-2H3. The highest BCUT2D eigenvalue weighted by atomic mass is 32.2. The van der Waals surface area contributed by atoms with Gasteiger partial charge in [0.05, 0.1) is 12.7 Å². The highest BCUT2D eigenvalue weighted by Gasteiger charge is 2.30. The highest BCUT2D eigenvalue weighted by Crippen LogP contribution is 2.21. The Morgan fingerprint density at radius 3 is 2.48 bits per heavy atom. The molecule has 9 heteroatoms. The number of sulfonamides is 1. The monoisotopic (exact) mass is 366 g/mol. The van der Waals surface area contributed by atoms with Crippen LogP contribution in [-0.4, -0.2) is 63.9 Å². The third-order valence-corrected chi connectivity index (χ3v) is 6.09. The van der Waals surface area contributed by atoms with E-state index in [2.05, 4.69) is 4.74 Å². The lowest BCUT2D eigenvalue weighted by Gasteiger charge is -2.31. The molecular formula is C16H18N2O6S. The van der Waals surface area contributed by atoms with Gasteiger partial charge < -0.3 is 14.1 Å². The number of benzene rings is 1. The van der Waals surface area contributed by atoms with E-state index in [-0.39, 0.29) is 11.1 Å². The van der Waals surface area contributed by atoms with E-state index < -0.39 is 26.5 Å². The molecule has 0 amide bonds. The molecule has 1 saturated heterocycles. The number of likely N-dealkylation sites (N-methyl/N-ethyl adjacent to an activating group) is 1. The first kappa shape index (κ1) is 17.6. The van der Waals surface area contributed by atoms with Crippen LogP contribution in [-0.2, 0) is 14.8 Å². The van der Waals surface area contributed by atoms with Gasteiger partial charge in [0.15, 0.2) is 4.90 Å². The van der Waals surface area contributed by atoms with Crippen LogP contribution in [0.2, 0.25) is 0 Å². The number of methoxy groups -OCH3 is 1. The van der Waals surface area contributed by atoms with Gasteiger partial charge in [-0.05, 0) is 31.3 Å². The Kier molecular flexibility index (Phi) is 4.63. The molecule has 0 saturated carbocycles. The summed E-state index contributed by atoms with van der Waals surface area (Å²) in [6.07, 6.45) is 0. The van der Waals surface area contributed by atoms with Crippen LogP contribution in [0.15, 0.2) is 38.4 Å². The number of carbonyl (C=O) groups excluding carboxylic acids is 1. The van der Waals surface area contributed by atoms with Crippen molar-refractivity contribution in [3.05, 3.63) is 40.2 Å². The molecule has 2 aromatic rings. The van der Waals surface area contributed by atoms with Gasteiger partial charge >= 0.3 is 11.6 Å². The summed E-state index contributed by atoms with van der Waals surface area (Å²) in [6.45, 7) is 1.78. The highest BCUT2D eigenvalue weighted by molar-refractivity contribution is 7.89. The molecule has 0 atom stereocenters. The van der Waals surface area contributed by atoms with Crippen LogP contribution < -0.4 is 5.63 Å². The zero-order chi connectivity index (χ0) is 18.2. The first-order chi connectivity index (χ1) is 11.8. The van der Waals surface area contributed by atoms with Crippen LogP contribution in [0.1, 0.15) is 10.4 Å². The zero-order valence-electron chi connectivity index (χ0n) is 13.9. The molecule has 0 spiro atoms. The molecule has 1 aliphatic heterocycles. The summed E-state index contributed by atoms with van der Waals surface area (Å²) in [7, 11) is -0.806. The molecule has 3 rings (SSSR count). The zero-order valence-corrected chi connectivity index (χ0v) is 14.7. The maximum Gasteiger partial charge on any atom is 0.356 e. The van der Waals surface area contributed by atoms with E-state index in [0.717, 1.165) is 0 Å². The second-order valence-electron chi connectivity index (χ2n) is 5.85. The van der Waals surface area contributed by atoms with E-state index in [0.29, 0.717) is 31.6 Å². The fourth-order valence-electron chi connectivity index (χ4n) is 2.70. The van der Waals surface area contributed by atoms with Crippen LogP contribution >= 0.6 is 0 Å². The molecule has 0 aliphatic carbocycles. The van der Waals surface area contributed by atoms with E-state index in [1.165, 1.54) is 35.7 Å². The molecule has 0 unspecified atom stereocenters. The number of nitrogens with zero attached hydrogens (tertiary/aromatic N) is 2. The van der Waals surface area contributed by atoms with Gasteiger partial charge in [0, 0.05) is 31.6 Å². The van der Waals surface area contributed by atoms with Gasteiger partial charge in [-0.3, -0.25) is 0 Å². The predicted molar refractivity (Wildman–Crippen MR) is 90.1 cm³/mol. The van der Waals surface area contributed by atoms with Gasteiger partial charge in [-0.25, -0.2) is 18.0 Å². The minimum atomic E-state index is -3.96.